The third kappa shape index (κ3) is 3.18. The lowest BCUT2D eigenvalue weighted by Gasteiger charge is -2.36. The first-order valence-corrected chi connectivity index (χ1v) is 4.41. The second-order valence-corrected chi connectivity index (χ2v) is 3.30. The van der Waals surface area contributed by atoms with Crippen LogP contribution in [0.5, 0.6) is 0 Å². The lowest BCUT2D eigenvalue weighted by molar-refractivity contribution is 0.146. The molecule has 0 aromatic carbocycles. The summed E-state index contributed by atoms with van der Waals surface area (Å²) < 4.78 is 0. The molecule has 3 heteroatoms. The summed E-state index contributed by atoms with van der Waals surface area (Å²) in [5, 5.41) is 8.51. The van der Waals surface area contributed by atoms with Crippen LogP contribution in [-0.2, 0) is 0 Å². The number of nitrogens with zero attached hydrogens (tertiary/aromatic N) is 1. The van der Waals surface area contributed by atoms with Gasteiger partial charge in [-0.25, -0.2) is 0 Å². The number of likely N-dealkylation sites (tertiary alicyclic amines) is 1. The van der Waals surface area contributed by atoms with Gasteiger partial charge in [-0.2, -0.15) is 0 Å². The summed E-state index contributed by atoms with van der Waals surface area (Å²) in [6.07, 6.45) is 3.29. The molecule has 0 aromatic heterocycles. The molecular weight excluding hydrogens is 140 g/mol. The van der Waals surface area contributed by atoms with Gasteiger partial charge in [0.15, 0.2) is 0 Å². The van der Waals surface area contributed by atoms with Crippen molar-refractivity contribution < 1.29 is 5.11 Å². The van der Waals surface area contributed by atoms with Crippen LogP contribution < -0.4 is 5.73 Å². The average molecular weight is 158 g/mol. The van der Waals surface area contributed by atoms with Crippen LogP contribution in [0.1, 0.15) is 19.3 Å². The highest BCUT2D eigenvalue weighted by Gasteiger charge is 2.21. The zero-order valence-corrected chi connectivity index (χ0v) is 7.00. The molecule has 3 N–H and O–H groups in total. The van der Waals surface area contributed by atoms with Crippen molar-refractivity contribution in [3.8, 4) is 0 Å². The molecule has 1 rings (SSSR count). The molecule has 1 aliphatic heterocycles. The Hall–Kier alpha value is -0.120. The molecule has 11 heavy (non-hydrogen) atoms. The van der Waals surface area contributed by atoms with E-state index in [1.54, 1.807) is 0 Å². The summed E-state index contributed by atoms with van der Waals surface area (Å²) in [6, 6.07) is 0.424. The molecule has 0 aliphatic carbocycles. The molecule has 1 aliphatic rings. The van der Waals surface area contributed by atoms with Gasteiger partial charge < -0.3 is 15.7 Å². The van der Waals surface area contributed by atoms with Gasteiger partial charge in [-0.15, -0.1) is 0 Å². The minimum absolute atomic E-state index is 0.333. The van der Waals surface area contributed by atoms with E-state index in [-0.39, 0.29) is 0 Å². The second kappa shape index (κ2) is 4.70. The molecule has 0 bridgehead atoms. The predicted molar refractivity (Wildman–Crippen MR) is 45.4 cm³/mol. The van der Waals surface area contributed by atoms with E-state index in [1.165, 1.54) is 6.42 Å². The maximum Gasteiger partial charge on any atom is 0.0431 e. The highest BCUT2D eigenvalue weighted by Crippen LogP contribution is 2.06. The number of nitrogens with two attached hydrogens (primary N) is 1. The van der Waals surface area contributed by atoms with Gasteiger partial charge in [-0.3, -0.25) is 0 Å². The fourth-order valence-corrected chi connectivity index (χ4v) is 1.42. The van der Waals surface area contributed by atoms with Crippen LogP contribution in [0.4, 0.5) is 0 Å². The summed E-state index contributed by atoms with van der Waals surface area (Å²) in [5.41, 5.74) is 5.62. The van der Waals surface area contributed by atoms with E-state index in [9.17, 15) is 0 Å². The van der Waals surface area contributed by atoms with E-state index in [1.807, 2.05) is 0 Å². The minimum atomic E-state index is 0.333. The van der Waals surface area contributed by atoms with E-state index in [0.717, 1.165) is 32.5 Å². The van der Waals surface area contributed by atoms with Crippen LogP contribution in [0, 0.1) is 0 Å². The van der Waals surface area contributed by atoms with Crippen LogP contribution in [0.25, 0.3) is 0 Å². The highest BCUT2D eigenvalue weighted by molar-refractivity contribution is 4.81. The third-order valence-corrected chi connectivity index (χ3v) is 2.12. The Bertz CT molecular complexity index is 102. The van der Waals surface area contributed by atoms with Crippen LogP contribution in [0.3, 0.4) is 0 Å². The van der Waals surface area contributed by atoms with Gasteiger partial charge in [0.25, 0.3) is 0 Å². The molecule has 1 heterocycles. The van der Waals surface area contributed by atoms with E-state index in [4.69, 9.17) is 10.8 Å². The molecule has 0 atom stereocenters. The number of aliphatic hydroxyl groups is 1. The first kappa shape index (κ1) is 8.97. The van der Waals surface area contributed by atoms with Crippen molar-refractivity contribution in [2.24, 2.45) is 5.73 Å². The Balaban J connectivity index is 1.81. The van der Waals surface area contributed by atoms with Crippen molar-refractivity contribution in [3.05, 3.63) is 0 Å². The summed E-state index contributed by atoms with van der Waals surface area (Å²) in [6.45, 7) is 3.63. The monoisotopic (exact) mass is 158 g/mol. The normalized spacial score (nSPS) is 20.2. The molecule has 0 unspecified atom stereocenters. The summed E-state index contributed by atoms with van der Waals surface area (Å²) in [4.78, 5) is 2.36. The lowest BCUT2D eigenvalue weighted by atomic mass is 10.1. The van der Waals surface area contributed by atoms with Crippen molar-refractivity contribution in [2.75, 3.05) is 26.2 Å². The number of rotatable bonds is 5. The maximum absolute atomic E-state index is 8.51. The lowest BCUT2D eigenvalue weighted by Crippen LogP contribution is -2.55. The number of hydrogen-bond acceptors (Lipinski definition) is 3. The smallest absolute Gasteiger partial charge is 0.0431 e. The van der Waals surface area contributed by atoms with Gasteiger partial charge in [0, 0.05) is 25.7 Å². The fourth-order valence-electron chi connectivity index (χ4n) is 1.42. The maximum atomic E-state index is 8.51. The molecule has 66 valence electrons. The van der Waals surface area contributed by atoms with Crippen LogP contribution in [-0.4, -0.2) is 42.3 Å². The zero-order chi connectivity index (χ0) is 8.10. The molecule has 0 radical (unpaired) electrons. The Morgan fingerprint density at radius 1 is 1.27 bits per heavy atom. The Morgan fingerprint density at radius 3 is 2.55 bits per heavy atom. The van der Waals surface area contributed by atoms with Gasteiger partial charge in [0.2, 0.25) is 0 Å². The summed E-state index contributed by atoms with van der Waals surface area (Å²) in [7, 11) is 0. The SMILES string of the molecule is NC1CN(CCCCCO)C1. The predicted octanol–water partition coefficient (Wildman–Crippen LogP) is -0.208. The number of hydrogen-bond donors (Lipinski definition) is 2. The zero-order valence-electron chi connectivity index (χ0n) is 7.00. The molecule has 0 aromatic rings. The molecule has 3 nitrogen and oxygen atoms in total. The average Bonchev–Trinajstić information content (AvgIpc) is 1.94. The first-order valence-electron chi connectivity index (χ1n) is 4.41. The van der Waals surface area contributed by atoms with Gasteiger partial charge >= 0.3 is 0 Å². The van der Waals surface area contributed by atoms with Crippen molar-refractivity contribution >= 4 is 0 Å². The Kier molecular flexibility index (Phi) is 3.83. The standard InChI is InChI=1S/C8H18N2O/c9-8-6-10(7-8)4-2-1-3-5-11/h8,11H,1-7,9H2. The van der Waals surface area contributed by atoms with E-state index < -0.39 is 0 Å². The van der Waals surface area contributed by atoms with Crippen molar-refractivity contribution in [1.29, 1.82) is 0 Å². The molecule has 1 saturated heterocycles. The summed E-state index contributed by atoms with van der Waals surface area (Å²) in [5.74, 6) is 0. The van der Waals surface area contributed by atoms with Gasteiger partial charge in [0.05, 0.1) is 0 Å². The minimum Gasteiger partial charge on any atom is -0.396 e. The number of unbranched alkanes of at least 4 members (excludes halogenated alkanes) is 2. The molecule has 1 fully saturated rings. The largest absolute Gasteiger partial charge is 0.396 e. The topological polar surface area (TPSA) is 49.5 Å². The Morgan fingerprint density at radius 2 is 2.00 bits per heavy atom. The summed E-state index contributed by atoms with van der Waals surface area (Å²) >= 11 is 0. The second-order valence-electron chi connectivity index (χ2n) is 3.30. The highest BCUT2D eigenvalue weighted by atomic mass is 16.2. The number of aliphatic hydroxyl groups excluding tert-OH is 1. The van der Waals surface area contributed by atoms with Crippen molar-refractivity contribution in [3.63, 3.8) is 0 Å². The quantitative estimate of drug-likeness (QED) is 0.544. The third-order valence-electron chi connectivity index (χ3n) is 2.12. The van der Waals surface area contributed by atoms with Gasteiger partial charge in [0.1, 0.15) is 0 Å². The molecule has 0 saturated carbocycles. The first-order chi connectivity index (χ1) is 5.33. The van der Waals surface area contributed by atoms with E-state index in [0.29, 0.717) is 12.6 Å². The molecular formula is C8H18N2O. The Labute approximate surface area is 68.2 Å². The van der Waals surface area contributed by atoms with Crippen LogP contribution >= 0.6 is 0 Å². The van der Waals surface area contributed by atoms with Crippen molar-refractivity contribution in [2.45, 2.75) is 25.3 Å². The van der Waals surface area contributed by atoms with Crippen molar-refractivity contribution in [1.82, 2.24) is 4.90 Å². The fraction of sp³-hybridized carbons (Fsp3) is 1.00. The van der Waals surface area contributed by atoms with E-state index in [2.05, 4.69) is 4.90 Å². The van der Waals surface area contributed by atoms with E-state index >= 15 is 0 Å². The van der Waals surface area contributed by atoms with Crippen LogP contribution in [0.15, 0.2) is 0 Å². The van der Waals surface area contributed by atoms with Crippen LogP contribution in [0.2, 0.25) is 0 Å². The van der Waals surface area contributed by atoms with Gasteiger partial charge in [-0.1, -0.05) is 0 Å². The molecule has 0 amide bonds. The molecule has 0 spiro atoms. The van der Waals surface area contributed by atoms with Gasteiger partial charge in [-0.05, 0) is 25.8 Å².